The van der Waals surface area contributed by atoms with Gasteiger partial charge in [-0.3, -0.25) is 4.99 Å². The molecule has 0 aliphatic rings. The van der Waals surface area contributed by atoms with Crippen molar-refractivity contribution in [1.82, 2.24) is 15.5 Å². The van der Waals surface area contributed by atoms with Gasteiger partial charge in [0, 0.05) is 53.6 Å². The van der Waals surface area contributed by atoms with E-state index in [-0.39, 0.29) is 0 Å². The SMILES string of the molecule is CCOCc1ccccc1CNC(=NC)NCCN(C)CCCOC. The number of likely N-dealkylation sites (N-methyl/N-ethyl adjacent to an activating group) is 1. The molecular weight excluding hydrogens is 316 g/mol. The molecule has 0 unspecified atom stereocenters. The number of hydrogen-bond donors (Lipinski definition) is 2. The molecule has 0 radical (unpaired) electrons. The van der Waals surface area contributed by atoms with Crippen molar-refractivity contribution in [2.75, 3.05) is 54.1 Å². The molecule has 2 N–H and O–H groups in total. The van der Waals surface area contributed by atoms with Crippen LogP contribution in [0.25, 0.3) is 0 Å². The largest absolute Gasteiger partial charge is 0.385 e. The summed E-state index contributed by atoms with van der Waals surface area (Å²) < 4.78 is 10.6. The molecule has 6 nitrogen and oxygen atoms in total. The normalized spacial score (nSPS) is 11.8. The average Bonchev–Trinajstić information content (AvgIpc) is 2.63. The van der Waals surface area contributed by atoms with E-state index in [2.05, 4.69) is 45.8 Å². The molecule has 0 amide bonds. The quantitative estimate of drug-likeness (QED) is 0.342. The van der Waals surface area contributed by atoms with Crippen molar-refractivity contribution in [1.29, 1.82) is 0 Å². The van der Waals surface area contributed by atoms with Crippen LogP contribution in [0.4, 0.5) is 0 Å². The summed E-state index contributed by atoms with van der Waals surface area (Å²) >= 11 is 0. The first-order valence-corrected chi connectivity index (χ1v) is 8.97. The van der Waals surface area contributed by atoms with Gasteiger partial charge in [0.25, 0.3) is 0 Å². The number of rotatable bonds is 12. The number of ether oxygens (including phenoxy) is 2. The molecule has 142 valence electrons. The molecule has 6 heteroatoms. The van der Waals surface area contributed by atoms with Gasteiger partial charge in [0.15, 0.2) is 5.96 Å². The summed E-state index contributed by atoms with van der Waals surface area (Å²) in [6.45, 7) is 7.77. The lowest BCUT2D eigenvalue weighted by molar-refractivity contribution is 0.133. The minimum atomic E-state index is 0.645. The lowest BCUT2D eigenvalue weighted by atomic mass is 10.1. The highest BCUT2D eigenvalue weighted by Gasteiger charge is 2.04. The predicted molar refractivity (Wildman–Crippen MR) is 104 cm³/mol. The van der Waals surface area contributed by atoms with Crippen LogP contribution in [-0.4, -0.2) is 64.9 Å². The van der Waals surface area contributed by atoms with Crippen LogP contribution in [0.3, 0.4) is 0 Å². The fourth-order valence-corrected chi connectivity index (χ4v) is 2.44. The number of nitrogens with one attached hydrogen (secondary N) is 2. The van der Waals surface area contributed by atoms with Gasteiger partial charge in [-0.05, 0) is 31.5 Å². The molecule has 1 aromatic rings. The summed E-state index contributed by atoms with van der Waals surface area (Å²) in [6.07, 6.45) is 1.05. The number of guanidine groups is 1. The van der Waals surface area contributed by atoms with Crippen LogP contribution >= 0.6 is 0 Å². The van der Waals surface area contributed by atoms with Crippen molar-refractivity contribution in [3.63, 3.8) is 0 Å². The molecule has 0 heterocycles. The van der Waals surface area contributed by atoms with Gasteiger partial charge in [-0.1, -0.05) is 24.3 Å². The molecule has 0 saturated heterocycles. The Bertz CT molecular complexity index is 494. The molecule has 0 fully saturated rings. The van der Waals surface area contributed by atoms with Gasteiger partial charge in [-0.2, -0.15) is 0 Å². The van der Waals surface area contributed by atoms with Gasteiger partial charge >= 0.3 is 0 Å². The van der Waals surface area contributed by atoms with Crippen molar-refractivity contribution in [2.24, 2.45) is 4.99 Å². The maximum atomic E-state index is 5.54. The fraction of sp³-hybridized carbons (Fsp3) is 0.632. The maximum absolute atomic E-state index is 5.54. The fourth-order valence-electron chi connectivity index (χ4n) is 2.44. The lowest BCUT2D eigenvalue weighted by Crippen LogP contribution is -2.40. The highest BCUT2D eigenvalue weighted by Crippen LogP contribution is 2.09. The number of hydrogen-bond acceptors (Lipinski definition) is 4. The molecule has 1 rings (SSSR count). The van der Waals surface area contributed by atoms with E-state index < -0.39 is 0 Å². The number of nitrogens with zero attached hydrogens (tertiary/aromatic N) is 2. The van der Waals surface area contributed by atoms with Crippen molar-refractivity contribution in [3.8, 4) is 0 Å². The van der Waals surface area contributed by atoms with Crippen LogP contribution in [0.1, 0.15) is 24.5 Å². The second-order valence-electron chi connectivity index (χ2n) is 5.91. The third-order valence-electron chi connectivity index (χ3n) is 3.92. The third-order valence-corrected chi connectivity index (χ3v) is 3.92. The van der Waals surface area contributed by atoms with Crippen molar-refractivity contribution >= 4 is 5.96 Å². The first-order valence-electron chi connectivity index (χ1n) is 8.97. The second-order valence-corrected chi connectivity index (χ2v) is 5.91. The summed E-state index contributed by atoms with van der Waals surface area (Å²) in [6, 6.07) is 8.33. The average molecular weight is 351 g/mol. The molecule has 0 aliphatic heterocycles. The van der Waals surface area contributed by atoms with E-state index in [1.54, 1.807) is 14.2 Å². The van der Waals surface area contributed by atoms with Crippen LogP contribution in [0.5, 0.6) is 0 Å². The third kappa shape index (κ3) is 9.43. The van der Waals surface area contributed by atoms with Gasteiger partial charge in [0.1, 0.15) is 0 Å². The van der Waals surface area contributed by atoms with E-state index in [1.807, 2.05) is 13.0 Å². The predicted octanol–water partition coefficient (Wildman–Crippen LogP) is 1.86. The monoisotopic (exact) mass is 350 g/mol. The van der Waals surface area contributed by atoms with Crippen molar-refractivity contribution in [3.05, 3.63) is 35.4 Å². The van der Waals surface area contributed by atoms with E-state index in [0.717, 1.165) is 51.8 Å². The maximum Gasteiger partial charge on any atom is 0.191 e. The minimum absolute atomic E-state index is 0.645. The molecule has 1 aromatic carbocycles. The van der Waals surface area contributed by atoms with Crippen molar-refractivity contribution in [2.45, 2.75) is 26.5 Å². The van der Waals surface area contributed by atoms with Gasteiger partial charge in [0.2, 0.25) is 0 Å². The zero-order valence-corrected chi connectivity index (χ0v) is 16.2. The zero-order valence-electron chi connectivity index (χ0n) is 16.2. The van der Waals surface area contributed by atoms with E-state index in [4.69, 9.17) is 9.47 Å². The highest BCUT2D eigenvalue weighted by molar-refractivity contribution is 5.79. The first-order chi connectivity index (χ1) is 12.2. The zero-order chi connectivity index (χ0) is 18.3. The lowest BCUT2D eigenvalue weighted by Gasteiger charge is -2.18. The van der Waals surface area contributed by atoms with Crippen LogP contribution < -0.4 is 10.6 Å². The summed E-state index contributed by atoms with van der Waals surface area (Å²) in [5.41, 5.74) is 2.45. The Morgan fingerprint density at radius 1 is 1.16 bits per heavy atom. The number of methoxy groups -OCH3 is 1. The van der Waals surface area contributed by atoms with E-state index in [1.165, 1.54) is 11.1 Å². The summed E-state index contributed by atoms with van der Waals surface area (Å²) in [5, 5.41) is 6.73. The Morgan fingerprint density at radius 2 is 1.92 bits per heavy atom. The molecular formula is C19H34N4O2. The Hall–Kier alpha value is -1.63. The Morgan fingerprint density at radius 3 is 2.60 bits per heavy atom. The van der Waals surface area contributed by atoms with Crippen LogP contribution in [0.15, 0.2) is 29.3 Å². The summed E-state index contributed by atoms with van der Waals surface area (Å²) in [7, 11) is 5.66. The summed E-state index contributed by atoms with van der Waals surface area (Å²) in [4.78, 5) is 6.58. The Kier molecular flexibility index (Phi) is 11.7. The molecule has 25 heavy (non-hydrogen) atoms. The molecule has 0 atom stereocenters. The smallest absolute Gasteiger partial charge is 0.191 e. The van der Waals surface area contributed by atoms with E-state index in [9.17, 15) is 0 Å². The molecule has 0 saturated carbocycles. The molecule has 0 bridgehead atoms. The molecule has 0 aromatic heterocycles. The van der Waals surface area contributed by atoms with Crippen LogP contribution in [0.2, 0.25) is 0 Å². The van der Waals surface area contributed by atoms with E-state index >= 15 is 0 Å². The molecule has 0 spiro atoms. The standard InChI is InChI=1S/C19H34N4O2/c1-5-25-16-18-10-7-6-9-17(18)15-22-19(20-2)21-11-13-23(3)12-8-14-24-4/h6-7,9-10H,5,8,11-16H2,1-4H3,(H2,20,21,22). The van der Waals surface area contributed by atoms with Gasteiger partial charge in [-0.15, -0.1) is 0 Å². The van der Waals surface area contributed by atoms with Crippen LogP contribution in [-0.2, 0) is 22.6 Å². The highest BCUT2D eigenvalue weighted by atomic mass is 16.5. The number of benzene rings is 1. The van der Waals surface area contributed by atoms with Gasteiger partial charge in [-0.25, -0.2) is 0 Å². The Labute approximate surface area is 152 Å². The Balaban J connectivity index is 2.35. The van der Waals surface area contributed by atoms with Gasteiger partial charge in [0.05, 0.1) is 6.61 Å². The van der Waals surface area contributed by atoms with Crippen molar-refractivity contribution < 1.29 is 9.47 Å². The van der Waals surface area contributed by atoms with E-state index in [0.29, 0.717) is 6.61 Å². The summed E-state index contributed by atoms with van der Waals surface area (Å²) in [5.74, 6) is 0.816. The number of aliphatic imine (C=N–C) groups is 1. The second kappa shape index (κ2) is 13.6. The minimum Gasteiger partial charge on any atom is -0.385 e. The topological polar surface area (TPSA) is 58.1 Å². The molecule has 0 aliphatic carbocycles. The van der Waals surface area contributed by atoms with Gasteiger partial charge < -0.3 is 25.0 Å². The first kappa shape index (κ1) is 21.4. The van der Waals surface area contributed by atoms with Crippen LogP contribution in [0, 0.1) is 0 Å².